The van der Waals surface area contributed by atoms with Gasteiger partial charge in [-0.05, 0) is 54.6 Å². The van der Waals surface area contributed by atoms with Crippen molar-refractivity contribution in [1.29, 1.82) is 0 Å². The van der Waals surface area contributed by atoms with Crippen LogP contribution in [0.2, 0.25) is 0 Å². The number of halogens is 1. The maximum Gasteiger partial charge on any atom is 0.235 e. The lowest BCUT2D eigenvalue weighted by atomic mass is 10.1. The van der Waals surface area contributed by atoms with Crippen LogP contribution in [-0.2, 0) is 0 Å². The lowest BCUT2D eigenvalue weighted by Gasteiger charge is -2.07. The zero-order chi connectivity index (χ0) is 26.5. The van der Waals surface area contributed by atoms with Crippen LogP contribution >= 0.6 is 12.4 Å². The first kappa shape index (κ1) is 27.3. The Morgan fingerprint density at radius 2 is 1.53 bits per heavy atom. The van der Waals surface area contributed by atoms with Crippen LogP contribution in [-0.4, -0.2) is 25.4 Å². The smallest absolute Gasteiger partial charge is 0.235 e. The second-order valence-electron chi connectivity index (χ2n) is 7.67. The Bertz CT molecular complexity index is 1680. The Morgan fingerprint density at radius 1 is 0.789 bits per heavy atom. The number of rotatable bonds is 3. The molecule has 0 amide bonds. The molecule has 5 aromatic rings. The van der Waals surface area contributed by atoms with E-state index in [2.05, 4.69) is 15.2 Å². The van der Waals surface area contributed by atoms with Crippen LogP contribution in [0.5, 0.6) is 23.0 Å². The molecule has 0 fully saturated rings. The average molecular weight is 536 g/mol. The number of hydrogen-bond acceptors (Lipinski definition) is 11. The third-order valence-corrected chi connectivity index (χ3v) is 5.04. The molecule has 5 rings (SSSR count). The third-order valence-electron chi connectivity index (χ3n) is 5.04. The highest BCUT2D eigenvalue weighted by Crippen LogP contribution is 2.35. The number of phenols is 3. The maximum atomic E-state index is 12.1. The van der Waals surface area contributed by atoms with Gasteiger partial charge in [0.05, 0.1) is 11.1 Å². The summed E-state index contributed by atoms with van der Waals surface area (Å²) in [4.78, 5) is 16.0. The van der Waals surface area contributed by atoms with Gasteiger partial charge in [-0.2, -0.15) is 5.11 Å². The normalized spacial score (nSPS) is 10.5. The van der Waals surface area contributed by atoms with E-state index in [9.17, 15) is 25.2 Å². The number of pyridine rings is 1. The van der Waals surface area contributed by atoms with Crippen LogP contribution in [0.3, 0.4) is 0 Å². The van der Waals surface area contributed by atoms with E-state index in [4.69, 9.17) is 15.9 Å². The van der Waals surface area contributed by atoms with E-state index in [-0.39, 0.29) is 52.0 Å². The number of azo groups is 1. The summed E-state index contributed by atoms with van der Waals surface area (Å²) >= 11 is 0. The molecule has 0 radical (unpaired) electrons. The molecule has 3 aromatic carbocycles. The predicted molar refractivity (Wildman–Crippen MR) is 146 cm³/mol. The van der Waals surface area contributed by atoms with Crippen molar-refractivity contribution in [3.63, 3.8) is 0 Å². The van der Waals surface area contributed by atoms with E-state index in [1.165, 1.54) is 30.3 Å². The fourth-order valence-corrected chi connectivity index (χ4v) is 3.21. The highest BCUT2D eigenvalue weighted by atomic mass is 35.5. The van der Waals surface area contributed by atoms with Gasteiger partial charge < -0.3 is 36.3 Å². The first-order valence-electron chi connectivity index (χ1n) is 10.7. The molecular weight excluding hydrogens is 514 g/mol. The number of phenolic OH excluding ortho intramolecular Hbond substituents is 3. The molecule has 12 heteroatoms. The van der Waals surface area contributed by atoms with Gasteiger partial charge in [0.2, 0.25) is 11.2 Å². The van der Waals surface area contributed by atoms with Crippen LogP contribution in [0.1, 0.15) is 0 Å². The number of fused-ring (bicyclic) bond motifs is 1. The minimum atomic E-state index is -0.654. The molecule has 0 unspecified atom stereocenters. The number of aromatic hydroxyl groups is 4. The molecule has 0 aliphatic heterocycles. The molecule has 0 saturated carbocycles. The first-order valence-corrected chi connectivity index (χ1v) is 10.7. The van der Waals surface area contributed by atoms with Crippen molar-refractivity contribution in [2.75, 3.05) is 11.5 Å². The van der Waals surface area contributed by atoms with E-state index >= 15 is 0 Å². The summed E-state index contributed by atoms with van der Waals surface area (Å²) in [7, 11) is 0. The highest BCUT2D eigenvalue weighted by molar-refractivity contribution is 5.85. The van der Waals surface area contributed by atoms with Crippen LogP contribution in [0, 0.1) is 0 Å². The van der Waals surface area contributed by atoms with E-state index < -0.39 is 16.9 Å². The number of benzene rings is 3. The van der Waals surface area contributed by atoms with Crippen molar-refractivity contribution in [1.82, 2.24) is 4.98 Å². The number of hydrogen-bond donors (Lipinski definition) is 6. The van der Waals surface area contributed by atoms with Gasteiger partial charge in [0.1, 0.15) is 22.8 Å². The summed E-state index contributed by atoms with van der Waals surface area (Å²) in [5, 5.41) is 46.3. The Balaban J connectivity index is 0.000000213. The second-order valence-corrected chi connectivity index (χ2v) is 7.67. The Labute approximate surface area is 221 Å². The lowest BCUT2D eigenvalue weighted by molar-refractivity contribution is 0.403. The minimum Gasteiger partial charge on any atom is -0.508 e. The van der Waals surface area contributed by atoms with E-state index in [1.54, 1.807) is 12.1 Å². The maximum absolute atomic E-state index is 12.1. The molecule has 0 aliphatic carbocycles. The largest absolute Gasteiger partial charge is 0.508 e. The standard InChI is InChI=1S/C15H10O6.C11H11N5.ClH/c16-8-2-3-9-12(6-8)21-15(14(20)13(9)19)7-1-4-10(17)11(18)5-7;12-10-7-6-9(11(13)14-10)16-15-8-4-2-1-3-5-8;/h1-6,16-18,20H;1-7H,(H4,12,13,14);1H. The molecule has 194 valence electrons. The number of nitrogens with zero attached hydrogens (tertiary/aromatic N) is 3. The second kappa shape index (κ2) is 11.6. The van der Waals surface area contributed by atoms with Crippen molar-refractivity contribution >= 4 is 46.4 Å². The average Bonchev–Trinajstić information content (AvgIpc) is 2.88. The van der Waals surface area contributed by atoms with Gasteiger partial charge in [0, 0.05) is 11.6 Å². The molecule has 0 bridgehead atoms. The number of nitrogen functional groups attached to an aromatic ring is 2. The van der Waals surface area contributed by atoms with Crippen LogP contribution in [0.4, 0.5) is 23.0 Å². The van der Waals surface area contributed by atoms with Crippen molar-refractivity contribution < 1.29 is 24.8 Å². The molecule has 8 N–H and O–H groups in total. The molecule has 11 nitrogen and oxygen atoms in total. The highest BCUT2D eigenvalue weighted by Gasteiger charge is 2.16. The number of nitrogens with two attached hydrogens (primary N) is 2. The summed E-state index contributed by atoms with van der Waals surface area (Å²) in [6.45, 7) is 0. The number of anilines is 2. The monoisotopic (exact) mass is 535 g/mol. The van der Waals surface area contributed by atoms with Gasteiger partial charge in [-0.25, -0.2) is 4.98 Å². The zero-order valence-electron chi connectivity index (χ0n) is 19.5. The summed E-state index contributed by atoms with van der Waals surface area (Å²) in [5.74, 6) is -0.956. The van der Waals surface area contributed by atoms with Crippen LogP contribution < -0.4 is 16.9 Å². The molecule has 0 spiro atoms. The molecule has 2 heterocycles. The number of aromatic nitrogens is 1. The topological polar surface area (TPSA) is 201 Å². The summed E-state index contributed by atoms with van der Waals surface area (Å²) in [6.07, 6.45) is 0. The fraction of sp³-hybridized carbons (Fsp3) is 0. The van der Waals surface area contributed by atoms with Crippen molar-refractivity contribution in [3.05, 3.63) is 89.1 Å². The van der Waals surface area contributed by atoms with Gasteiger partial charge in [0.15, 0.2) is 23.1 Å². The van der Waals surface area contributed by atoms with Crippen LogP contribution in [0.25, 0.3) is 22.3 Å². The summed E-state index contributed by atoms with van der Waals surface area (Å²) in [5.41, 5.74) is 12.0. The van der Waals surface area contributed by atoms with Crippen LogP contribution in [0.15, 0.2) is 98.3 Å². The van der Waals surface area contributed by atoms with Gasteiger partial charge >= 0.3 is 0 Å². The summed E-state index contributed by atoms with van der Waals surface area (Å²) in [6, 6.07) is 20.4. The SMILES string of the molecule is Cl.Nc1ccc(N=Nc2ccccc2)c(N)n1.O=c1c(O)c(-c2ccc(O)c(O)c2)oc2cc(O)ccc12. The Hall–Kier alpha value is -5.29. The molecular formula is C26H22ClN5O6. The third kappa shape index (κ3) is 6.09. The van der Waals surface area contributed by atoms with Crippen molar-refractivity contribution in [3.8, 4) is 34.3 Å². The molecule has 38 heavy (non-hydrogen) atoms. The van der Waals surface area contributed by atoms with Gasteiger partial charge in [-0.1, -0.05) is 18.2 Å². The molecule has 0 atom stereocenters. The molecule has 0 saturated heterocycles. The molecule has 2 aromatic heterocycles. The fourth-order valence-electron chi connectivity index (χ4n) is 3.21. The molecule has 0 aliphatic rings. The van der Waals surface area contributed by atoms with Gasteiger partial charge in [0.25, 0.3) is 0 Å². The zero-order valence-corrected chi connectivity index (χ0v) is 20.3. The quantitative estimate of drug-likeness (QED) is 0.130. The lowest BCUT2D eigenvalue weighted by Crippen LogP contribution is -2.02. The minimum absolute atomic E-state index is 0. The van der Waals surface area contributed by atoms with Crippen molar-refractivity contribution in [2.24, 2.45) is 10.2 Å². The van der Waals surface area contributed by atoms with E-state index in [1.807, 2.05) is 30.3 Å². The van der Waals surface area contributed by atoms with E-state index in [0.717, 1.165) is 11.8 Å². The Morgan fingerprint density at radius 3 is 2.21 bits per heavy atom. The Kier molecular flexibility index (Phi) is 8.36. The van der Waals surface area contributed by atoms with Crippen molar-refractivity contribution in [2.45, 2.75) is 0 Å². The van der Waals surface area contributed by atoms with Gasteiger partial charge in [-0.15, -0.1) is 17.5 Å². The van der Waals surface area contributed by atoms with E-state index in [0.29, 0.717) is 11.5 Å². The first-order chi connectivity index (χ1) is 17.7. The predicted octanol–water partition coefficient (Wildman–Crippen LogP) is 5.37. The summed E-state index contributed by atoms with van der Waals surface area (Å²) < 4.78 is 5.43. The van der Waals surface area contributed by atoms with Gasteiger partial charge in [-0.3, -0.25) is 4.79 Å².